The molecule has 1 heterocycles. The Morgan fingerprint density at radius 3 is 2.80 bits per heavy atom. The summed E-state index contributed by atoms with van der Waals surface area (Å²) in [6.07, 6.45) is 2.10. The summed E-state index contributed by atoms with van der Waals surface area (Å²) in [4.78, 5) is 7.72. The van der Waals surface area contributed by atoms with Crippen molar-refractivity contribution in [2.75, 3.05) is 32.8 Å². The minimum Gasteiger partial charge on any atom is -0.390 e. The predicted molar refractivity (Wildman–Crippen MR) is 101 cm³/mol. The first-order valence-corrected chi connectivity index (χ1v) is 8.95. The van der Waals surface area contributed by atoms with Crippen LogP contribution in [0.4, 0.5) is 0 Å². The van der Waals surface area contributed by atoms with Crippen molar-refractivity contribution >= 4 is 5.71 Å². The fourth-order valence-corrected chi connectivity index (χ4v) is 2.81. The van der Waals surface area contributed by atoms with Crippen LogP contribution in [0.25, 0.3) is 0 Å². The molecule has 2 rings (SSSR count). The molecule has 2 unspecified atom stereocenters. The molecule has 0 aromatic heterocycles. The minimum absolute atomic E-state index is 0.000983. The summed E-state index contributed by atoms with van der Waals surface area (Å²) in [7, 11) is 0. The first-order valence-electron chi connectivity index (χ1n) is 8.95. The van der Waals surface area contributed by atoms with Crippen molar-refractivity contribution in [2.45, 2.75) is 32.5 Å². The van der Waals surface area contributed by atoms with Crippen LogP contribution in [-0.2, 0) is 9.57 Å². The Balaban J connectivity index is 1.79. The number of hydrogen-bond donors (Lipinski definition) is 1. The topological polar surface area (TPSA) is 54.3 Å². The van der Waals surface area contributed by atoms with E-state index in [2.05, 4.69) is 30.5 Å². The van der Waals surface area contributed by atoms with Crippen LogP contribution in [0.3, 0.4) is 0 Å². The molecule has 0 radical (unpaired) electrons. The molecule has 0 saturated heterocycles. The third-order valence-electron chi connectivity index (χ3n) is 3.92. The molecule has 1 aliphatic heterocycles. The molecule has 25 heavy (non-hydrogen) atoms. The summed E-state index contributed by atoms with van der Waals surface area (Å²) in [5.41, 5.74) is 2.08. The van der Waals surface area contributed by atoms with Gasteiger partial charge in [0.1, 0.15) is 6.10 Å². The number of hydrogen-bond acceptors (Lipinski definition) is 5. The van der Waals surface area contributed by atoms with Gasteiger partial charge in [0.15, 0.2) is 0 Å². The molecule has 138 valence electrons. The van der Waals surface area contributed by atoms with Gasteiger partial charge in [-0.3, -0.25) is 4.90 Å². The maximum Gasteiger partial charge on any atom is 0.145 e. The van der Waals surface area contributed by atoms with E-state index in [9.17, 15) is 5.11 Å². The third-order valence-corrected chi connectivity index (χ3v) is 3.92. The van der Waals surface area contributed by atoms with Gasteiger partial charge in [-0.2, -0.15) is 0 Å². The number of nitrogens with zero attached hydrogens (tertiary/aromatic N) is 2. The van der Waals surface area contributed by atoms with Crippen LogP contribution >= 0.6 is 0 Å². The van der Waals surface area contributed by atoms with E-state index in [0.717, 1.165) is 17.7 Å². The molecule has 0 saturated carbocycles. The molecule has 1 N–H and O–H groups in total. The maximum atomic E-state index is 10.2. The molecule has 0 spiro atoms. The van der Waals surface area contributed by atoms with Crippen LogP contribution in [0.5, 0.6) is 0 Å². The Morgan fingerprint density at radius 1 is 1.36 bits per heavy atom. The van der Waals surface area contributed by atoms with Crippen molar-refractivity contribution in [3.63, 3.8) is 0 Å². The van der Waals surface area contributed by atoms with Gasteiger partial charge in [0.05, 0.1) is 18.4 Å². The van der Waals surface area contributed by atoms with E-state index in [-0.39, 0.29) is 6.10 Å². The van der Waals surface area contributed by atoms with Gasteiger partial charge in [0.25, 0.3) is 0 Å². The standard InChI is InChI=1S/C20H30N2O3/c1-4-10-22(12-18(23)15-24-14-16(2)3)13-19-11-20(21-25-19)17-8-6-5-7-9-17/h4-9,16,18-19,23H,1,10-15H2,2-3H3. The van der Waals surface area contributed by atoms with Gasteiger partial charge >= 0.3 is 0 Å². The van der Waals surface area contributed by atoms with E-state index in [4.69, 9.17) is 9.57 Å². The van der Waals surface area contributed by atoms with Gasteiger partial charge in [0, 0.05) is 32.7 Å². The second-order valence-corrected chi connectivity index (χ2v) is 6.93. The molecular formula is C20H30N2O3. The molecule has 5 nitrogen and oxygen atoms in total. The lowest BCUT2D eigenvalue weighted by atomic mass is 10.0. The zero-order valence-corrected chi connectivity index (χ0v) is 15.3. The van der Waals surface area contributed by atoms with E-state index in [1.807, 2.05) is 36.4 Å². The van der Waals surface area contributed by atoms with Crippen LogP contribution in [-0.4, -0.2) is 60.8 Å². The number of aliphatic hydroxyl groups excluding tert-OH is 1. The zero-order valence-electron chi connectivity index (χ0n) is 15.3. The van der Waals surface area contributed by atoms with Crippen molar-refractivity contribution in [3.8, 4) is 0 Å². The summed E-state index contributed by atoms with van der Waals surface area (Å²) in [6.45, 7) is 10.9. The first-order chi connectivity index (χ1) is 12.1. The SMILES string of the molecule is C=CCN(CC(O)COCC(C)C)CC1CC(c2ccccc2)=NO1. The van der Waals surface area contributed by atoms with Gasteiger partial charge in [-0.1, -0.05) is 55.4 Å². The number of benzene rings is 1. The molecule has 2 atom stereocenters. The molecule has 0 aliphatic carbocycles. The van der Waals surface area contributed by atoms with E-state index in [1.54, 1.807) is 0 Å². The lowest BCUT2D eigenvalue weighted by molar-refractivity contribution is -0.00281. The van der Waals surface area contributed by atoms with Crippen molar-refractivity contribution in [2.24, 2.45) is 11.1 Å². The average molecular weight is 346 g/mol. The number of aliphatic hydroxyl groups is 1. The highest BCUT2D eigenvalue weighted by atomic mass is 16.6. The molecule has 0 bridgehead atoms. The second kappa shape index (κ2) is 10.3. The Morgan fingerprint density at radius 2 is 2.12 bits per heavy atom. The van der Waals surface area contributed by atoms with Gasteiger partial charge < -0.3 is 14.7 Å². The number of oxime groups is 1. The zero-order chi connectivity index (χ0) is 18.1. The van der Waals surface area contributed by atoms with Crippen LogP contribution in [0.15, 0.2) is 48.1 Å². The Kier molecular flexibility index (Phi) is 8.12. The Labute approximate surface area is 150 Å². The molecule has 0 fully saturated rings. The van der Waals surface area contributed by atoms with E-state index >= 15 is 0 Å². The van der Waals surface area contributed by atoms with Crippen LogP contribution in [0.2, 0.25) is 0 Å². The van der Waals surface area contributed by atoms with E-state index in [1.165, 1.54) is 0 Å². The third kappa shape index (κ3) is 6.98. The lowest BCUT2D eigenvalue weighted by Crippen LogP contribution is -2.40. The molecule has 1 aromatic carbocycles. The normalized spacial score (nSPS) is 18.3. The van der Waals surface area contributed by atoms with Gasteiger partial charge in [-0.25, -0.2) is 0 Å². The predicted octanol–water partition coefficient (Wildman–Crippen LogP) is 2.70. The minimum atomic E-state index is -0.519. The van der Waals surface area contributed by atoms with Gasteiger partial charge in [0.2, 0.25) is 0 Å². The summed E-state index contributed by atoms with van der Waals surface area (Å²) < 4.78 is 5.52. The maximum absolute atomic E-state index is 10.2. The highest BCUT2D eigenvalue weighted by Crippen LogP contribution is 2.17. The number of ether oxygens (including phenoxy) is 1. The monoisotopic (exact) mass is 346 g/mol. The molecule has 1 aromatic rings. The summed E-state index contributed by atoms with van der Waals surface area (Å²) in [5.74, 6) is 0.469. The summed E-state index contributed by atoms with van der Waals surface area (Å²) in [6, 6.07) is 10.1. The molecule has 1 aliphatic rings. The Bertz CT molecular complexity index is 545. The van der Waals surface area contributed by atoms with Crippen LogP contribution < -0.4 is 0 Å². The number of rotatable bonds is 11. The van der Waals surface area contributed by atoms with E-state index in [0.29, 0.717) is 38.8 Å². The van der Waals surface area contributed by atoms with Crippen LogP contribution in [0, 0.1) is 5.92 Å². The van der Waals surface area contributed by atoms with Gasteiger partial charge in [-0.05, 0) is 11.5 Å². The first kappa shape index (κ1) is 19.6. The fourth-order valence-electron chi connectivity index (χ4n) is 2.81. The molecule has 0 amide bonds. The van der Waals surface area contributed by atoms with E-state index < -0.39 is 6.10 Å². The average Bonchev–Trinajstić information content (AvgIpc) is 3.04. The molecular weight excluding hydrogens is 316 g/mol. The van der Waals surface area contributed by atoms with Crippen molar-refractivity contribution in [1.82, 2.24) is 4.90 Å². The highest BCUT2D eigenvalue weighted by molar-refractivity contribution is 6.01. The van der Waals surface area contributed by atoms with Crippen LogP contribution in [0.1, 0.15) is 25.8 Å². The van der Waals surface area contributed by atoms with Crippen molar-refractivity contribution in [1.29, 1.82) is 0 Å². The quantitative estimate of drug-likeness (QED) is 0.626. The molecule has 5 heteroatoms. The summed E-state index contributed by atoms with van der Waals surface area (Å²) in [5, 5.41) is 14.4. The van der Waals surface area contributed by atoms with Gasteiger partial charge in [-0.15, -0.1) is 6.58 Å². The smallest absolute Gasteiger partial charge is 0.145 e. The fraction of sp³-hybridized carbons (Fsp3) is 0.550. The highest BCUT2D eigenvalue weighted by Gasteiger charge is 2.25. The largest absolute Gasteiger partial charge is 0.390 e. The van der Waals surface area contributed by atoms with Crippen molar-refractivity contribution in [3.05, 3.63) is 48.6 Å². The lowest BCUT2D eigenvalue weighted by Gasteiger charge is -2.25. The van der Waals surface area contributed by atoms with Crippen molar-refractivity contribution < 1.29 is 14.7 Å². The Hall–Kier alpha value is -1.69. The second-order valence-electron chi connectivity index (χ2n) is 6.93. The summed E-state index contributed by atoms with van der Waals surface area (Å²) >= 11 is 0.